The highest BCUT2D eigenvalue weighted by atomic mass is 19.1. The molecule has 0 radical (unpaired) electrons. The first kappa shape index (κ1) is 20.3. The lowest BCUT2D eigenvalue weighted by Crippen LogP contribution is -2.14. The highest BCUT2D eigenvalue weighted by Crippen LogP contribution is 2.36. The number of aromatic amines is 1. The molecule has 0 atom stereocenters. The first-order chi connectivity index (χ1) is 14.0. The molecule has 0 saturated heterocycles. The highest BCUT2D eigenvalue weighted by Gasteiger charge is 2.20. The van der Waals surface area contributed by atoms with Crippen LogP contribution in [0.4, 0.5) is 14.5 Å². The van der Waals surface area contributed by atoms with Crippen molar-refractivity contribution >= 4 is 11.6 Å². The van der Waals surface area contributed by atoms with Crippen LogP contribution in [-0.2, 0) is 6.42 Å². The number of carbonyl (C=O) groups is 1. The van der Waals surface area contributed by atoms with Gasteiger partial charge in [0, 0.05) is 17.2 Å². The van der Waals surface area contributed by atoms with Crippen molar-refractivity contribution in [2.75, 3.05) is 19.5 Å². The Labute approximate surface area is 166 Å². The van der Waals surface area contributed by atoms with E-state index in [9.17, 15) is 13.6 Å². The van der Waals surface area contributed by atoms with Crippen LogP contribution in [0.15, 0.2) is 36.4 Å². The number of ether oxygens (including phenoxy) is 2. The van der Waals surface area contributed by atoms with E-state index < -0.39 is 17.5 Å². The monoisotopic (exact) mass is 401 g/mol. The first-order valence-corrected chi connectivity index (χ1v) is 9.03. The predicted octanol–water partition coefficient (Wildman–Crippen LogP) is 4.58. The van der Waals surface area contributed by atoms with Crippen LogP contribution in [0.1, 0.15) is 29.4 Å². The summed E-state index contributed by atoms with van der Waals surface area (Å²) < 4.78 is 37.6. The number of carbonyl (C=O) groups excluding carboxylic acids is 1. The summed E-state index contributed by atoms with van der Waals surface area (Å²) in [6.45, 7) is 1.99. The summed E-state index contributed by atoms with van der Waals surface area (Å²) in [5, 5.41) is 10.0. The molecule has 152 valence electrons. The second kappa shape index (κ2) is 8.72. The van der Waals surface area contributed by atoms with E-state index in [-0.39, 0.29) is 5.56 Å². The van der Waals surface area contributed by atoms with Gasteiger partial charge in [-0.25, -0.2) is 8.78 Å². The first-order valence-electron chi connectivity index (χ1n) is 9.03. The van der Waals surface area contributed by atoms with Gasteiger partial charge >= 0.3 is 0 Å². The van der Waals surface area contributed by atoms with Gasteiger partial charge in [-0.3, -0.25) is 9.89 Å². The van der Waals surface area contributed by atoms with E-state index >= 15 is 0 Å². The summed E-state index contributed by atoms with van der Waals surface area (Å²) in [5.74, 6) is -1.22. The lowest BCUT2D eigenvalue weighted by atomic mass is 10.1. The van der Waals surface area contributed by atoms with E-state index in [0.717, 1.165) is 18.6 Å². The second-order valence-electron chi connectivity index (χ2n) is 6.36. The third-order valence-corrected chi connectivity index (χ3v) is 4.36. The number of rotatable bonds is 7. The molecule has 1 aromatic heterocycles. The maximum atomic E-state index is 13.5. The van der Waals surface area contributed by atoms with Gasteiger partial charge in [0.25, 0.3) is 5.91 Å². The zero-order chi connectivity index (χ0) is 21.0. The number of H-pyrrole nitrogens is 1. The molecule has 0 fully saturated rings. The third kappa shape index (κ3) is 4.37. The smallest absolute Gasteiger partial charge is 0.255 e. The van der Waals surface area contributed by atoms with Crippen molar-refractivity contribution in [1.82, 2.24) is 10.2 Å². The molecule has 0 saturated carbocycles. The van der Waals surface area contributed by atoms with Gasteiger partial charge in [0.1, 0.15) is 17.3 Å². The Bertz CT molecular complexity index is 1010. The fourth-order valence-corrected chi connectivity index (χ4v) is 3.01. The Balaban J connectivity index is 2.02. The molecule has 0 bridgehead atoms. The fraction of sp³-hybridized carbons (Fsp3) is 0.238. The lowest BCUT2D eigenvalue weighted by molar-refractivity contribution is 0.102. The highest BCUT2D eigenvalue weighted by molar-refractivity contribution is 6.06. The zero-order valence-electron chi connectivity index (χ0n) is 16.3. The quantitative estimate of drug-likeness (QED) is 0.608. The van der Waals surface area contributed by atoms with Crippen LogP contribution in [0.2, 0.25) is 0 Å². The normalized spacial score (nSPS) is 10.7. The molecule has 0 aliphatic carbocycles. The number of hydrogen-bond donors (Lipinski definition) is 2. The Hall–Kier alpha value is -3.42. The minimum atomic E-state index is -0.823. The van der Waals surface area contributed by atoms with Crippen LogP contribution in [0, 0.1) is 11.6 Å². The molecular weight excluding hydrogens is 380 g/mol. The maximum absolute atomic E-state index is 13.5. The minimum Gasteiger partial charge on any atom is -0.493 e. The molecule has 8 heteroatoms. The molecule has 0 spiro atoms. The Morgan fingerprint density at radius 3 is 2.38 bits per heavy atom. The molecular formula is C21H21F2N3O3. The number of methoxy groups -OCH3 is 2. The second-order valence-corrected chi connectivity index (χ2v) is 6.36. The Morgan fingerprint density at radius 1 is 1.07 bits per heavy atom. The van der Waals surface area contributed by atoms with E-state index in [1.807, 2.05) is 6.92 Å². The number of hydrogen-bond acceptors (Lipinski definition) is 4. The van der Waals surface area contributed by atoms with Crippen molar-refractivity contribution in [3.8, 4) is 22.8 Å². The third-order valence-electron chi connectivity index (χ3n) is 4.36. The van der Waals surface area contributed by atoms with Crippen molar-refractivity contribution in [2.45, 2.75) is 19.8 Å². The summed E-state index contributed by atoms with van der Waals surface area (Å²) in [7, 11) is 3.06. The largest absolute Gasteiger partial charge is 0.493 e. The number of nitrogens with one attached hydrogen (secondary N) is 2. The molecule has 0 unspecified atom stereocenters. The van der Waals surface area contributed by atoms with Crippen molar-refractivity contribution in [3.05, 3.63) is 59.3 Å². The summed E-state index contributed by atoms with van der Waals surface area (Å²) in [5.41, 5.74) is 2.21. The van der Waals surface area contributed by atoms with Crippen molar-refractivity contribution in [2.24, 2.45) is 0 Å². The van der Waals surface area contributed by atoms with Crippen molar-refractivity contribution in [3.63, 3.8) is 0 Å². The van der Waals surface area contributed by atoms with E-state index in [4.69, 9.17) is 9.47 Å². The minimum absolute atomic E-state index is 0.121. The van der Waals surface area contributed by atoms with E-state index in [1.165, 1.54) is 14.2 Å². The number of aromatic nitrogens is 2. The van der Waals surface area contributed by atoms with Crippen LogP contribution in [0.3, 0.4) is 0 Å². The molecule has 1 heterocycles. The van der Waals surface area contributed by atoms with E-state index in [1.54, 1.807) is 18.2 Å². The van der Waals surface area contributed by atoms with Crippen LogP contribution in [0.25, 0.3) is 11.3 Å². The van der Waals surface area contributed by atoms with Crippen molar-refractivity contribution < 1.29 is 23.0 Å². The van der Waals surface area contributed by atoms with Crippen LogP contribution in [0.5, 0.6) is 11.5 Å². The Kier molecular flexibility index (Phi) is 6.11. The van der Waals surface area contributed by atoms with Gasteiger partial charge in [0.05, 0.1) is 25.6 Å². The predicted molar refractivity (Wildman–Crippen MR) is 105 cm³/mol. The number of benzene rings is 2. The average molecular weight is 401 g/mol. The van der Waals surface area contributed by atoms with Crippen molar-refractivity contribution in [1.29, 1.82) is 0 Å². The molecule has 29 heavy (non-hydrogen) atoms. The molecule has 2 N–H and O–H groups in total. The summed E-state index contributed by atoms with van der Waals surface area (Å²) in [4.78, 5) is 12.6. The van der Waals surface area contributed by atoms with Gasteiger partial charge in [-0.15, -0.1) is 0 Å². The summed E-state index contributed by atoms with van der Waals surface area (Å²) >= 11 is 0. The van der Waals surface area contributed by atoms with Gasteiger partial charge in [-0.2, -0.15) is 5.10 Å². The zero-order valence-corrected chi connectivity index (χ0v) is 16.3. The number of aryl methyl sites for hydroxylation is 1. The van der Waals surface area contributed by atoms with Gasteiger partial charge in [0.15, 0.2) is 11.5 Å². The van der Waals surface area contributed by atoms with E-state index in [0.29, 0.717) is 46.6 Å². The topological polar surface area (TPSA) is 76.2 Å². The van der Waals surface area contributed by atoms with Gasteiger partial charge in [-0.05, 0) is 36.8 Å². The van der Waals surface area contributed by atoms with E-state index in [2.05, 4.69) is 15.5 Å². The lowest BCUT2D eigenvalue weighted by Gasteiger charge is -2.11. The number of nitrogens with zero attached hydrogens (tertiary/aromatic N) is 1. The van der Waals surface area contributed by atoms with Crippen LogP contribution >= 0.6 is 0 Å². The van der Waals surface area contributed by atoms with Crippen LogP contribution in [-0.4, -0.2) is 30.3 Å². The maximum Gasteiger partial charge on any atom is 0.255 e. The molecule has 3 aromatic rings. The number of anilines is 1. The Morgan fingerprint density at radius 2 is 1.76 bits per heavy atom. The van der Waals surface area contributed by atoms with Gasteiger partial charge in [-0.1, -0.05) is 13.3 Å². The van der Waals surface area contributed by atoms with Crippen LogP contribution < -0.4 is 14.8 Å². The number of halogens is 2. The molecule has 1 amide bonds. The summed E-state index contributed by atoms with van der Waals surface area (Å²) in [6, 6.07) is 7.93. The van der Waals surface area contributed by atoms with Gasteiger partial charge in [0.2, 0.25) is 0 Å². The number of amides is 1. The molecule has 0 aliphatic rings. The average Bonchev–Trinajstić information content (AvgIpc) is 3.09. The fourth-order valence-electron chi connectivity index (χ4n) is 3.01. The standard InChI is InChI=1S/C21H21F2N3O3/c1-4-5-16-20(24-21(27)13-8-14(22)11-15(23)9-13)19(26-25-16)12-6-7-17(28-2)18(10-12)29-3/h6-11H,4-5H2,1-3H3,(H,24,27)(H,25,26). The molecule has 3 rings (SSSR count). The molecule has 0 aliphatic heterocycles. The SMILES string of the molecule is CCCc1[nH]nc(-c2ccc(OC)c(OC)c2)c1NC(=O)c1cc(F)cc(F)c1. The molecule has 2 aromatic carbocycles. The summed E-state index contributed by atoms with van der Waals surface area (Å²) in [6.07, 6.45) is 1.44. The van der Waals surface area contributed by atoms with Gasteiger partial charge < -0.3 is 14.8 Å². The molecule has 6 nitrogen and oxygen atoms in total.